The van der Waals surface area contributed by atoms with Crippen LogP contribution in [0, 0.1) is 12.7 Å². The minimum Gasteiger partial charge on any atom is -0.476 e. The van der Waals surface area contributed by atoms with Crippen LogP contribution < -0.4 is 14.4 Å². The zero-order valence-electron chi connectivity index (χ0n) is 16.4. The maximum absolute atomic E-state index is 13.4. The molecule has 0 fully saturated rings. The predicted molar refractivity (Wildman–Crippen MR) is 117 cm³/mol. The van der Waals surface area contributed by atoms with E-state index in [2.05, 4.69) is 5.32 Å². The highest BCUT2D eigenvalue weighted by molar-refractivity contribution is 7.92. The number of hydrogen-bond acceptors (Lipinski definition) is 4. The molecular formula is C22H18ClFN2O4S. The van der Waals surface area contributed by atoms with Crippen LogP contribution in [0.25, 0.3) is 0 Å². The Kier molecular flexibility index (Phi) is 5.60. The Hall–Kier alpha value is -3.10. The number of amides is 1. The van der Waals surface area contributed by atoms with Crippen molar-refractivity contribution in [3.05, 3.63) is 83.1 Å². The van der Waals surface area contributed by atoms with E-state index in [0.29, 0.717) is 10.7 Å². The number of carbonyl (C=O) groups is 1. The molecule has 0 bridgehead atoms. The molecule has 1 unspecified atom stereocenters. The summed E-state index contributed by atoms with van der Waals surface area (Å²) in [5.41, 5.74) is 1.53. The van der Waals surface area contributed by atoms with Gasteiger partial charge in [-0.2, -0.15) is 0 Å². The van der Waals surface area contributed by atoms with Crippen molar-refractivity contribution in [2.45, 2.75) is 17.9 Å². The number of halogens is 2. The molecule has 6 nitrogen and oxygen atoms in total. The second-order valence-corrected chi connectivity index (χ2v) is 9.36. The first-order valence-corrected chi connectivity index (χ1v) is 11.2. The highest BCUT2D eigenvalue weighted by Crippen LogP contribution is 2.39. The number of aryl methyl sites for hydroxylation is 1. The van der Waals surface area contributed by atoms with Crippen molar-refractivity contribution in [1.82, 2.24) is 0 Å². The first-order valence-electron chi connectivity index (χ1n) is 9.36. The Morgan fingerprint density at radius 2 is 1.77 bits per heavy atom. The lowest BCUT2D eigenvalue weighted by molar-refractivity contribution is -0.122. The number of nitrogens with zero attached hydrogens (tertiary/aromatic N) is 1. The van der Waals surface area contributed by atoms with Gasteiger partial charge in [0.05, 0.1) is 17.1 Å². The summed E-state index contributed by atoms with van der Waals surface area (Å²) in [6.07, 6.45) is -1.13. The molecule has 31 heavy (non-hydrogen) atoms. The van der Waals surface area contributed by atoms with Crippen molar-refractivity contribution < 1.29 is 22.3 Å². The highest BCUT2D eigenvalue weighted by Gasteiger charge is 2.37. The summed E-state index contributed by atoms with van der Waals surface area (Å²) >= 11 is 6.09. The third-order valence-electron chi connectivity index (χ3n) is 4.80. The van der Waals surface area contributed by atoms with Gasteiger partial charge in [0.15, 0.2) is 6.10 Å². The summed E-state index contributed by atoms with van der Waals surface area (Å²) in [5.74, 6) is -0.782. The fourth-order valence-corrected chi connectivity index (χ4v) is 4.82. The molecule has 1 aliphatic rings. The van der Waals surface area contributed by atoms with E-state index in [9.17, 15) is 17.6 Å². The molecule has 0 saturated carbocycles. The molecule has 3 aromatic carbocycles. The van der Waals surface area contributed by atoms with Crippen molar-refractivity contribution in [2.75, 3.05) is 16.2 Å². The molecule has 3 aromatic rings. The van der Waals surface area contributed by atoms with E-state index in [1.54, 1.807) is 18.2 Å². The average Bonchev–Trinajstić information content (AvgIpc) is 2.74. The zero-order valence-corrected chi connectivity index (χ0v) is 18.0. The van der Waals surface area contributed by atoms with Gasteiger partial charge in [-0.05, 0) is 61.5 Å². The van der Waals surface area contributed by atoms with Gasteiger partial charge in [0.25, 0.3) is 15.9 Å². The monoisotopic (exact) mass is 460 g/mol. The number of rotatable bonds is 4. The van der Waals surface area contributed by atoms with Crippen molar-refractivity contribution in [3.8, 4) is 5.75 Å². The first kappa shape index (κ1) is 21.1. The van der Waals surface area contributed by atoms with Crippen LogP contribution >= 0.6 is 11.6 Å². The summed E-state index contributed by atoms with van der Waals surface area (Å²) in [6.45, 7) is 1.60. The smallest absolute Gasteiger partial charge is 0.267 e. The number of benzene rings is 3. The molecule has 1 N–H and O–H groups in total. The van der Waals surface area contributed by atoms with Crippen LogP contribution in [0.5, 0.6) is 5.75 Å². The van der Waals surface area contributed by atoms with E-state index < -0.39 is 27.9 Å². The van der Waals surface area contributed by atoms with Gasteiger partial charge in [0.2, 0.25) is 0 Å². The molecule has 1 amide bonds. The van der Waals surface area contributed by atoms with Gasteiger partial charge < -0.3 is 10.1 Å². The van der Waals surface area contributed by atoms with E-state index in [1.807, 2.05) is 6.92 Å². The van der Waals surface area contributed by atoms with Crippen molar-refractivity contribution in [3.63, 3.8) is 0 Å². The zero-order chi connectivity index (χ0) is 22.2. The van der Waals surface area contributed by atoms with E-state index in [1.165, 1.54) is 48.5 Å². The topological polar surface area (TPSA) is 75.7 Å². The molecule has 0 spiro atoms. The molecule has 0 saturated heterocycles. The van der Waals surface area contributed by atoms with Crippen LogP contribution in [-0.4, -0.2) is 27.0 Å². The summed E-state index contributed by atoms with van der Waals surface area (Å²) in [4.78, 5) is 12.9. The molecule has 160 valence electrons. The predicted octanol–water partition coefficient (Wildman–Crippen LogP) is 4.38. The lowest BCUT2D eigenvalue weighted by Crippen LogP contribution is -2.48. The number of carbonyl (C=O) groups excluding carboxylic acids is 1. The second kappa shape index (κ2) is 8.20. The lowest BCUT2D eigenvalue weighted by Gasteiger charge is -2.34. The largest absolute Gasteiger partial charge is 0.476 e. The minimum absolute atomic E-state index is 0.0867. The average molecular weight is 461 g/mol. The van der Waals surface area contributed by atoms with E-state index in [4.69, 9.17) is 16.3 Å². The summed E-state index contributed by atoms with van der Waals surface area (Å²) < 4.78 is 46.8. The summed E-state index contributed by atoms with van der Waals surface area (Å²) in [6, 6.07) is 16.2. The minimum atomic E-state index is -3.99. The van der Waals surface area contributed by atoms with Crippen LogP contribution in [0.4, 0.5) is 15.8 Å². The Balaban J connectivity index is 1.69. The maximum Gasteiger partial charge on any atom is 0.267 e. The number of sulfonamides is 1. The Morgan fingerprint density at radius 1 is 1.10 bits per heavy atom. The van der Waals surface area contributed by atoms with Crippen LogP contribution in [0.2, 0.25) is 5.02 Å². The first-order chi connectivity index (χ1) is 14.7. The highest BCUT2D eigenvalue weighted by atomic mass is 35.5. The van der Waals surface area contributed by atoms with Crippen molar-refractivity contribution in [1.29, 1.82) is 0 Å². The Labute approximate surface area is 184 Å². The van der Waals surface area contributed by atoms with E-state index >= 15 is 0 Å². The van der Waals surface area contributed by atoms with Crippen molar-refractivity contribution in [2.24, 2.45) is 0 Å². The molecule has 0 radical (unpaired) electrons. The van der Waals surface area contributed by atoms with Crippen LogP contribution in [0.15, 0.2) is 71.6 Å². The SMILES string of the molecule is Cc1ccc(S(=O)(=O)N2CC(C(=O)Nc3ccc(F)cc3)Oc3ccc(Cl)cc32)cc1. The fourth-order valence-electron chi connectivity index (χ4n) is 3.18. The molecule has 1 aliphatic heterocycles. The molecule has 1 heterocycles. The Morgan fingerprint density at radius 3 is 2.45 bits per heavy atom. The molecule has 9 heteroatoms. The molecule has 4 rings (SSSR count). The second-order valence-electron chi connectivity index (χ2n) is 7.06. The normalized spacial score (nSPS) is 15.7. The molecule has 0 aromatic heterocycles. The molecule has 0 aliphatic carbocycles. The third-order valence-corrected chi connectivity index (χ3v) is 6.83. The number of hydrogen-bond donors (Lipinski definition) is 1. The number of anilines is 2. The van der Waals surface area contributed by atoms with Gasteiger partial charge in [-0.1, -0.05) is 29.3 Å². The number of fused-ring (bicyclic) bond motifs is 1. The summed E-state index contributed by atoms with van der Waals surface area (Å²) in [5, 5.41) is 2.96. The van der Waals surface area contributed by atoms with Crippen LogP contribution in [-0.2, 0) is 14.8 Å². The standard InChI is InChI=1S/C22H18ClFN2O4S/c1-14-2-9-18(10-3-14)31(28,29)26-13-21(30-20-11-4-15(23)12-19(20)26)22(27)25-17-7-5-16(24)6-8-17/h2-12,21H,13H2,1H3,(H,25,27). The lowest BCUT2D eigenvalue weighted by atomic mass is 10.2. The fraction of sp³-hybridized carbons (Fsp3) is 0.136. The summed E-state index contributed by atoms with van der Waals surface area (Å²) in [7, 11) is -3.99. The Bertz CT molecular complexity index is 1230. The van der Waals surface area contributed by atoms with Gasteiger partial charge in [-0.3, -0.25) is 9.10 Å². The van der Waals surface area contributed by atoms with Crippen LogP contribution in [0.3, 0.4) is 0 Å². The van der Waals surface area contributed by atoms with Crippen molar-refractivity contribution >= 4 is 38.9 Å². The van der Waals surface area contributed by atoms with Crippen LogP contribution in [0.1, 0.15) is 5.56 Å². The van der Waals surface area contributed by atoms with E-state index in [0.717, 1.165) is 9.87 Å². The number of ether oxygens (including phenoxy) is 1. The quantitative estimate of drug-likeness (QED) is 0.626. The molecular weight excluding hydrogens is 443 g/mol. The number of nitrogens with one attached hydrogen (secondary N) is 1. The van der Waals surface area contributed by atoms with E-state index in [-0.39, 0.29) is 22.9 Å². The molecule has 1 atom stereocenters. The van der Waals surface area contributed by atoms with Gasteiger partial charge in [-0.15, -0.1) is 0 Å². The van der Waals surface area contributed by atoms with Gasteiger partial charge >= 0.3 is 0 Å². The third kappa shape index (κ3) is 4.35. The van der Waals surface area contributed by atoms with Gasteiger partial charge in [-0.25, -0.2) is 12.8 Å². The van der Waals surface area contributed by atoms with Gasteiger partial charge in [0, 0.05) is 10.7 Å². The maximum atomic E-state index is 13.4. The van der Waals surface area contributed by atoms with Gasteiger partial charge in [0.1, 0.15) is 11.6 Å².